The highest BCUT2D eigenvalue weighted by Gasteiger charge is 2.16. The lowest BCUT2D eigenvalue weighted by molar-refractivity contribution is -0.384. The average Bonchev–Trinajstić information content (AvgIpc) is 2.42. The van der Waals surface area contributed by atoms with Gasteiger partial charge in [-0.3, -0.25) is 10.1 Å². The van der Waals surface area contributed by atoms with E-state index >= 15 is 0 Å². The molecule has 0 fully saturated rings. The minimum absolute atomic E-state index is 0.0848. The molecule has 1 aromatic heterocycles. The fourth-order valence-corrected chi connectivity index (χ4v) is 1.74. The van der Waals surface area contributed by atoms with Crippen LogP contribution in [0.15, 0.2) is 18.2 Å². The molecule has 0 atom stereocenters. The van der Waals surface area contributed by atoms with Gasteiger partial charge in [-0.15, -0.1) is 0 Å². The first-order valence-electron chi connectivity index (χ1n) is 5.70. The Hall–Kier alpha value is -2.61. The van der Waals surface area contributed by atoms with E-state index < -0.39 is 10.7 Å². The number of hydrazine groups is 1. The lowest BCUT2D eigenvalue weighted by atomic mass is 10.1. The number of benzene rings is 1. The number of hydrogen-bond acceptors (Lipinski definition) is 6. The number of aromatic nitrogens is 2. The quantitative estimate of drug-likeness (QED) is 0.505. The molecule has 0 spiro atoms. The summed E-state index contributed by atoms with van der Waals surface area (Å²) in [6.07, 6.45) is 0. The Labute approximate surface area is 113 Å². The van der Waals surface area contributed by atoms with Gasteiger partial charge in [-0.25, -0.2) is 20.2 Å². The molecule has 104 valence electrons. The van der Waals surface area contributed by atoms with Crippen molar-refractivity contribution in [3.05, 3.63) is 45.4 Å². The van der Waals surface area contributed by atoms with Gasteiger partial charge in [0, 0.05) is 17.7 Å². The molecular weight excluding hydrogens is 265 g/mol. The summed E-state index contributed by atoms with van der Waals surface area (Å²) in [6, 6.07) is 4.32. The fourth-order valence-electron chi connectivity index (χ4n) is 1.74. The van der Waals surface area contributed by atoms with Gasteiger partial charge in [0.05, 0.1) is 10.6 Å². The molecular formula is C12H12FN5O2. The van der Waals surface area contributed by atoms with E-state index in [0.717, 1.165) is 5.56 Å². The van der Waals surface area contributed by atoms with Crippen molar-refractivity contribution in [1.29, 1.82) is 0 Å². The van der Waals surface area contributed by atoms with Gasteiger partial charge in [0.15, 0.2) is 17.5 Å². The van der Waals surface area contributed by atoms with Gasteiger partial charge in [0.1, 0.15) is 0 Å². The van der Waals surface area contributed by atoms with Crippen LogP contribution in [0.1, 0.15) is 11.3 Å². The molecule has 0 amide bonds. The van der Waals surface area contributed by atoms with Gasteiger partial charge in [-0.1, -0.05) is 6.07 Å². The maximum absolute atomic E-state index is 13.6. The lowest BCUT2D eigenvalue weighted by Gasteiger charge is -2.09. The van der Waals surface area contributed by atoms with Crippen LogP contribution in [0.3, 0.4) is 0 Å². The van der Waals surface area contributed by atoms with Crippen molar-refractivity contribution < 1.29 is 9.31 Å². The van der Waals surface area contributed by atoms with Gasteiger partial charge in [0.2, 0.25) is 0 Å². The standard InChI is InChI=1S/C12H12FN5O2/c1-6-3-4-8(18(19)20)5-9(6)11-15-7(2)10(13)12(16-11)17-14/h3-5H,14H2,1-2H3,(H,15,16,17). The highest BCUT2D eigenvalue weighted by atomic mass is 19.1. The summed E-state index contributed by atoms with van der Waals surface area (Å²) in [7, 11) is 0. The number of nitro groups is 1. The summed E-state index contributed by atoms with van der Waals surface area (Å²) in [5.74, 6) is 4.57. The van der Waals surface area contributed by atoms with Gasteiger partial charge in [0.25, 0.3) is 5.69 Å². The van der Waals surface area contributed by atoms with Crippen LogP contribution in [0.25, 0.3) is 11.4 Å². The lowest BCUT2D eigenvalue weighted by Crippen LogP contribution is -2.13. The minimum atomic E-state index is -0.653. The largest absolute Gasteiger partial charge is 0.306 e. The van der Waals surface area contributed by atoms with Crippen LogP contribution in [0.4, 0.5) is 15.9 Å². The molecule has 7 nitrogen and oxygen atoms in total. The molecule has 0 radical (unpaired) electrons. The van der Waals surface area contributed by atoms with Crippen LogP contribution in [0, 0.1) is 29.8 Å². The molecule has 0 bridgehead atoms. The first-order valence-corrected chi connectivity index (χ1v) is 5.70. The molecule has 0 aliphatic heterocycles. The second-order valence-corrected chi connectivity index (χ2v) is 4.20. The molecule has 0 saturated heterocycles. The smallest absolute Gasteiger partial charge is 0.270 e. The first kappa shape index (κ1) is 13.8. The van der Waals surface area contributed by atoms with E-state index in [-0.39, 0.29) is 23.0 Å². The number of halogens is 1. The highest BCUT2D eigenvalue weighted by Crippen LogP contribution is 2.27. The monoisotopic (exact) mass is 277 g/mol. The van der Waals surface area contributed by atoms with E-state index in [1.165, 1.54) is 19.1 Å². The predicted octanol–water partition coefficient (Wildman–Crippen LogP) is 2.09. The Kier molecular flexibility index (Phi) is 3.57. The SMILES string of the molecule is Cc1ccc([N+](=O)[O-])cc1-c1nc(C)c(F)c(NN)n1. The minimum Gasteiger partial charge on any atom is -0.306 e. The van der Waals surface area contributed by atoms with E-state index in [2.05, 4.69) is 15.4 Å². The Morgan fingerprint density at radius 2 is 2.05 bits per heavy atom. The van der Waals surface area contributed by atoms with Gasteiger partial charge >= 0.3 is 0 Å². The average molecular weight is 277 g/mol. The summed E-state index contributed by atoms with van der Waals surface area (Å²) in [4.78, 5) is 18.2. The number of hydrogen-bond donors (Lipinski definition) is 2. The molecule has 2 rings (SSSR count). The van der Waals surface area contributed by atoms with Crippen molar-refractivity contribution in [3.63, 3.8) is 0 Å². The third-order valence-electron chi connectivity index (χ3n) is 2.83. The number of anilines is 1. The number of nitrogens with zero attached hydrogens (tertiary/aromatic N) is 3. The number of nitrogens with two attached hydrogens (primary N) is 1. The van der Waals surface area contributed by atoms with E-state index in [9.17, 15) is 14.5 Å². The van der Waals surface area contributed by atoms with Crippen LogP contribution in [-0.4, -0.2) is 14.9 Å². The zero-order valence-corrected chi connectivity index (χ0v) is 10.8. The fraction of sp³-hybridized carbons (Fsp3) is 0.167. The van der Waals surface area contributed by atoms with Crippen molar-refractivity contribution in [2.24, 2.45) is 5.84 Å². The molecule has 1 heterocycles. The summed E-state index contributed by atoms with van der Waals surface area (Å²) in [6.45, 7) is 3.23. The molecule has 0 unspecified atom stereocenters. The van der Waals surface area contributed by atoms with Gasteiger partial charge in [-0.05, 0) is 19.4 Å². The van der Waals surface area contributed by atoms with E-state index in [1.807, 2.05) is 0 Å². The van der Waals surface area contributed by atoms with Gasteiger partial charge < -0.3 is 5.43 Å². The number of nitrogens with one attached hydrogen (secondary N) is 1. The van der Waals surface area contributed by atoms with Crippen molar-refractivity contribution in [3.8, 4) is 11.4 Å². The molecule has 8 heteroatoms. The third kappa shape index (κ3) is 2.41. The van der Waals surface area contributed by atoms with Crippen molar-refractivity contribution in [2.75, 3.05) is 5.43 Å². The Balaban J connectivity index is 2.64. The summed E-state index contributed by atoms with van der Waals surface area (Å²) >= 11 is 0. The van der Waals surface area contributed by atoms with Crippen LogP contribution >= 0.6 is 0 Å². The van der Waals surface area contributed by atoms with Crippen LogP contribution in [0.2, 0.25) is 0 Å². The molecule has 20 heavy (non-hydrogen) atoms. The zero-order chi connectivity index (χ0) is 14.9. The van der Waals surface area contributed by atoms with Crippen molar-refractivity contribution in [2.45, 2.75) is 13.8 Å². The number of aryl methyl sites for hydroxylation is 2. The van der Waals surface area contributed by atoms with Gasteiger partial charge in [-0.2, -0.15) is 0 Å². The Morgan fingerprint density at radius 1 is 1.35 bits per heavy atom. The van der Waals surface area contributed by atoms with Crippen LogP contribution in [-0.2, 0) is 0 Å². The maximum atomic E-state index is 13.6. The normalized spacial score (nSPS) is 10.4. The first-order chi connectivity index (χ1) is 9.43. The van der Waals surface area contributed by atoms with E-state index in [0.29, 0.717) is 5.56 Å². The second kappa shape index (κ2) is 5.17. The van der Waals surface area contributed by atoms with Crippen molar-refractivity contribution in [1.82, 2.24) is 9.97 Å². The number of non-ortho nitro benzene ring substituents is 1. The van der Waals surface area contributed by atoms with E-state index in [1.54, 1.807) is 13.0 Å². The molecule has 0 aliphatic carbocycles. The summed E-state index contributed by atoms with van der Waals surface area (Å²) < 4.78 is 13.6. The molecule has 2 aromatic rings. The second-order valence-electron chi connectivity index (χ2n) is 4.20. The third-order valence-corrected chi connectivity index (χ3v) is 2.83. The molecule has 0 saturated carbocycles. The zero-order valence-electron chi connectivity index (χ0n) is 10.8. The maximum Gasteiger partial charge on any atom is 0.270 e. The highest BCUT2D eigenvalue weighted by molar-refractivity contribution is 5.65. The Bertz CT molecular complexity index is 690. The molecule has 0 aliphatic rings. The topological polar surface area (TPSA) is 107 Å². The summed E-state index contributed by atoms with van der Waals surface area (Å²) in [5, 5.41) is 10.8. The Morgan fingerprint density at radius 3 is 2.65 bits per heavy atom. The predicted molar refractivity (Wildman–Crippen MR) is 71.4 cm³/mol. The number of nitrogen functional groups attached to an aromatic ring is 1. The molecule has 3 N–H and O–H groups in total. The number of nitro benzene ring substituents is 1. The van der Waals surface area contributed by atoms with Crippen LogP contribution < -0.4 is 11.3 Å². The molecule has 1 aromatic carbocycles. The van der Waals surface area contributed by atoms with Crippen LogP contribution in [0.5, 0.6) is 0 Å². The summed E-state index contributed by atoms with van der Waals surface area (Å²) in [5.41, 5.74) is 3.36. The van der Waals surface area contributed by atoms with E-state index in [4.69, 9.17) is 5.84 Å². The number of rotatable bonds is 3. The van der Waals surface area contributed by atoms with Crippen molar-refractivity contribution >= 4 is 11.5 Å².